The van der Waals surface area contributed by atoms with Crippen molar-refractivity contribution in [3.8, 4) is 5.75 Å². The van der Waals surface area contributed by atoms with Crippen molar-refractivity contribution in [2.24, 2.45) is 0 Å². The van der Waals surface area contributed by atoms with Crippen LogP contribution in [0.3, 0.4) is 0 Å². The number of fused-ring (bicyclic) bond motifs is 1. The lowest BCUT2D eigenvalue weighted by Gasteiger charge is -2.15. The molecule has 0 aliphatic carbocycles. The molecule has 0 saturated heterocycles. The molecular formula is C27H30N2O2. The van der Waals surface area contributed by atoms with Crippen LogP contribution in [0.1, 0.15) is 47.5 Å². The second-order valence-corrected chi connectivity index (χ2v) is 8.06. The average Bonchev–Trinajstić information content (AvgIpc) is 3.14. The average molecular weight is 415 g/mol. The zero-order valence-corrected chi connectivity index (χ0v) is 18.5. The minimum absolute atomic E-state index is 0.608. The quantitative estimate of drug-likeness (QED) is 0.373. The summed E-state index contributed by atoms with van der Waals surface area (Å²) in [5, 5.41) is 11.1. The number of benzene rings is 3. The van der Waals surface area contributed by atoms with Gasteiger partial charge in [0, 0.05) is 6.54 Å². The van der Waals surface area contributed by atoms with Crippen molar-refractivity contribution in [1.82, 2.24) is 9.55 Å². The molecule has 1 atom stereocenters. The van der Waals surface area contributed by atoms with Gasteiger partial charge >= 0.3 is 0 Å². The molecule has 0 bridgehead atoms. The van der Waals surface area contributed by atoms with E-state index in [-0.39, 0.29) is 0 Å². The molecule has 160 valence electrons. The van der Waals surface area contributed by atoms with Gasteiger partial charge in [0.25, 0.3) is 0 Å². The van der Waals surface area contributed by atoms with E-state index in [4.69, 9.17) is 9.72 Å². The van der Waals surface area contributed by atoms with Crippen molar-refractivity contribution in [2.45, 2.75) is 46.3 Å². The molecule has 0 amide bonds. The lowest BCUT2D eigenvalue weighted by molar-refractivity contribution is 0.203. The van der Waals surface area contributed by atoms with Gasteiger partial charge in [-0.15, -0.1) is 0 Å². The molecule has 4 rings (SSSR count). The Morgan fingerprint density at radius 1 is 0.968 bits per heavy atom. The molecule has 0 aliphatic heterocycles. The molecule has 0 saturated carbocycles. The first-order chi connectivity index (χ1) is 15.1. The first-order valence-electron chi connectivity index (χ1n) is 11.0. The molecule has 3 aromatic carbocycles. The highest BCUT2D eigenvalue weighted by Crippen LogP contribution is 2.28. The van der Waals surface area contributed by atoms with Crippen molar-refractivity contribution in [3.05, 3.63) is 94.8 Å². The normalized spacial score (nSPS) is 12.3. The molecule has 1 aromatic heterocycles. The van der Waals surface area contributed by atoms with Crippen LogP contribution in [0.25, 0.3) is 11.0 Å². The highest BCUT2D eigenvalue weighted by molar-refractivity contribution is 5.78. The third-order valence-corrected chi connectivity index (χ3v) is 5.88. The lowest BCUT2D eigenvalue weighted by atomic mass is 10.1. The number of imidazole rings is 1. The van der Waals surface area contributed by atoms with Gasteiger partial charge in [0.2, 0.25) is 0 Å². The number of aliphatic hydroxyl groups excluding tert-OH is 1. The Morgan fingerprint density at radius 2 is 1.68 bits per heavy atom. The summed E-state index contributed by atoms with van der Waals surface area (Å²) < 4.78 is 8.09. The van der Waals surface area contributed by atoms with Crippen molar-refractivity contribution in [3.63, 3.8) is 0 Å². The SMILES string of the molecule is CCc1ccc(OCCCn2c(C(O)c3ccccc3)nc3cc(C)c(C)cc32)cc1. The summed E-state index contributed by atoms with van der Waals surface area (Å²) in [5.41, 5.74) is 6.56. The molecule has 0 fully saturated rings. The molecule has 1 heterocycles. The Bertz CT molecular complexity index is 1150. The van der Waals surface area contributed by atoms with E-state index in [1.807, 2.05) is 42.5 Å². The second kappa shape index (κ2) is 9.36. The predicted molar refractivity (Wildman–Crippen MR) is 126 cm³/mol. The monoisotopic (exact) mass is 414 g/mol. The lowest BCUT2D eigenvalue weighted by Crippen LogP contribution is -2.12. The van der Waals surface area contributed by atoms with Crippen molar-refractivity contribution in [1.29, 1.82) is 0 Å². The summed E-state index contributed by atoms with van der Waals surface area (Å²) in [6, 6.07) is 22.3. The van der Waals surface area contributed by atoms with Gasteiger partial charge in [-0.25, -0.2) is 4.98 Å². The third-order valence-electron chi connectivity index (χ3n) is 5.88. The molecule has 0 aliphatic rings. The summed E-state index contributed by atoms with van der Waals surface area (Å²) in [4.78, 5) is 4.82. The van der Waals surface area contributed by atoms with Gasteiger partial charge in [-0.1, -0.05) is 49.4 Å². The van der Waals surface area contributed by atoms with E-state index in [2.05, 4.69) is 49.6 Å². The van der Waals surface area contributed by atoms with E-state index in [9.17, 15) is 5.11 Å². The van der Waals surface area contributed by atoms with Gasteiger partial charge in [0.05, 0.1) is 17.6 Å². The highest BCUT2D eigenvalue weighted by Gasteiger charge is 2.20. The van der Waals surface area contributed by atoms with Gasteiger partial charge in [-0.2, -0.15) is 0 Å². The van der Waals surface area contributed by atoms with Crippen molar-refractivity contribution in [2.75, 3.05) is 6.61 Å². The van der Waals surface area contributed by atoms with Gasteiger partial charge in [-0.05, 0) is 73.2 Å². The van der Waals surface area contributed by atoms with Crippen LogP contribution in [0.5, 0.6) is 5.75 Å². The van der Waals surface area contributed by atoms with E-state index in [1.165, 1.54) is 16.7 Å². The fraction of sp³-hybridized carbons (Fsp3) is 0.296. The first-order valence-corrected chi connectivity index (χ1v) is 11.0. The standard InChI is InChI=1S/C27H30N2O2/c1-4-21-11-13-23(14-12-21)31-16-8-15-29-25-18-20(3)19(2)17-24(25)28-27(29)26(30)22-9-6-5-7-10-22/h5-7,9-14,17-18,26,30H,4,8,15-16H2,1-3H3. The second-order valence-electron chi connectivity index (χ2n) is 8.06. The van der Waals surface area contributed by atoms with Crippen LogP contribution >= 0.6 is 0 Å². The number of hydrogen-bond acceptors (Lipinski definition) is 3. The van der Waals surface area contributed by atoms with E-state index < -0.39 is 6.10 Å². The van der Waals surface area contributed by atoms with Crippen LogP contribution in [0.4, 0.5) is 0 Å². The molecular weight excluding hydrogens is 384 g/mol. The van der Waals surface area contributed by atoms with Gasteiger partial charge in [0.15, 0.2) is 0 Å². The predicted octanol–water partition coefficient (Wildman–Crippen LogP) is 5.77. The van der Waals surface area contributed by atoms with Crippen LogP contribution in [0.15, 0.2) is 66.7 Å². The number of rotatable bonds is 8. The number of ether oxygens (including phenoxy) is 1. The Morgan fingerprint density at radius 3 is 2.39 bits per heavy atom. The zero-order valence-electron chi connectivity index (χ0n) is 18.5. The Hall–Kier alpha value is -3.11. The summed E-state index contributed by atoms with van der Waals surface area (Å²) in [6.45, 7) is 7.69. The van der Waals surface area contributed by atoms with Crippen molar-refractivity contribution >= 4 is 11.0 Å². The van der Waals surface area contributed by atoms with Gasteiger partial charge < -0.3 is 14.4 Å². The van der Waals surface area contributed by atoms with Gasteiger partial charge in [-0.3, -0.25) is 0 Å². The number of nitrogens with zero attached hydrogens (tertiary/aromatic N) is 2. The highest BCUT2D eigenvalue weighted by atomic mass is 16.5. The van der Waals surface area contributed by atoms with Gasteiger partial charge in [0.1, 0.15) is 17.7 Å². The number of aromatic nitrogens is 2. The molecule has 0 spiro atoms. The van der Waals surface area contributed by atoms with Crippen molar-refractivity contribution < 1.29 is 9.84 Å². The largest absolute Gasteiger partial charge is 0.494 e. The molecule has 4 nitrogen and oxygen atoms in total. The van der Waals surface area contributed by atoms with E-state index in [0.29, 0.717) is 12.4 Å². The molecule has 1 unspecified atom stereocenters. The Balaban J connectivity index is 1.56. The number of hydrogen-bond donors (Lipinski definition) is 1. The smallest absolute Gasteiger partial charge is 0.143 e. The number of aliphatic hydroxyl groups is 1. The summed E-state index contributed by atoms with van der Waals surface area (Å²) in [6.07, 6.45) is 1.08. The summed E-state index contributed by atoms with van der Waals surface area (Å²) >= 11 is 0. The van der Waals surface area contributed by atoms with Crippen LogP contribution in [-0.2, 0) is 13.0 Å². The molecule has 0 radical (unpaired) electrons. The molecule has 4 aromatic rings. The minimum Gasteiger partial charge on any atom is -0.494 e. The number of aryl methyl sites for hydroxylation is 4. The maximum absolute atomic E-state index is 11.1. The molecule has 4 heteroatoms. The molecule has 31 heavy (non-hydrogen) atoms. The van der Waals surface area contributed by atoms with E-state index in [0.717, 1.165) is 41.7 Å². The van der Waals surface area contributed by atoms with Crippen LogP contribution in [0.2, 0.25) is 0 Å². The first kappa shape index (κ1) is 21.1. The maximum atomic E-state index is 11.1. The third kappa shape index (κ3) is 4.64. The van der Waals surface area contributed by atoms with Crippen LogP contribution < -0.4 is 4.74 Å². The maximum Gasteiger partial charge on any atom is 0.143 e. The zero-order chi connectivity index (χ0) is 21.8. The minimum atomic E-state index is -0.767. The van der Waals surface area contributed by atoms with E-state index >= 15 is 0 Å². The fourth-order valence-electron chi connectivity index (χ4n) is 3.86. The van der Waals surface area contributed by atoms with Crippen LogP contribution in [0, 0.1) is 13.8 Å². The topological polar surface area (TPSA) is 47.3 Å². The molecule has 1 N–H and O–H groups in total. The Labute approximate surface area is 184 Å². The van der Waals surface area contributed by atoms with Crippen LogP contribution in [-0.4, -0.2) is 21.3 Å². The summed E-state index contributed by atoms with van der Waals surface area (Å²) in [5.74, 6) is 1.57. The fourth-order valence-corrected chi connectivity index (χ4v) is 3.86. The Kier molecular flexibility index (Phi) is 6.38. The van der Waals surface area contributed by atoms with E-state index in [1.54, 1.807) is 0 Å². The summed E-state index contributed by atoms with van der Waals surface area (Å²) in [7, 11) is 0.